The number of hydrogen-bond donors (Lipinski definition) is 0. The van der Waals surface area contributed by atoms with E-state index in [0.717, 1.165) is 22.3 Å². The molecule has 0 atom stereocenters. The molecule has 1 amide bonds. The fraction of sp³-hybridized carbons (Fsp3) is 0.167. The van der Waals surface area contributed by atoms with Crippen LogP contribution in [0, 0.1) is 5.82 Å². The second kappa shape index (κ2) is 7.80. The number of carbonyl (C=O) groups is 2. The van der Waals surface area contributed by atoms with Crippen molar-refractivity contribution in [3.63, 3.8) is 0 Å². The molecule has 3 aromatic rings. The van der Waals surface area contributed by atoms with E-state index >= 15 is 0 Å². The van der Waals surface area contributed by atoms with Gasteiger partial charge < -0.3 is 4.74 Å². The minimum absolute atomic E-state index is 0.203. The molecule has 8 heteroatoms. The highest BCUT2D eigenvalue weighted by atomic mass is 35.5. The Morgan fingerprint density at radius 1 is 1.27 bits per heavy atom. The van der Waals surface area contributed by atoms with Gasteiger partial charge in [-0.25, -0.2) is 14.2 Å². The summed E-state index contributed by atoms with van der Waals surface area (Å²) in [6.07, 6.45) is 0. The van der Waals surface area contributed by atoms with E-state index in [1.54, 1.807) is 6.92 Å². The first-order valence-corrected chi connectivity index (χ1v) is 8.97. The number of fused-ring (bicyclic) bond motifs is 1. The first kappa shape index (κ1) is 18.3. The van der Waals surface area contributed by atoms with E-state index in [0.29, 0.717) is 11.7 Å². The number of thiazole rings is 1. The SMILES string of the molecule is CCN(C(=O)COC(=O)c1cc(Cl)ccc1F)c1nc2ccccc2s1. The number of nitrogens with zero attached hydrogens (tertiary/aromatic N) is 2. The van der Waals surface area contributed by atoms with Gasteiger partial charge in [-0.1, -0.05) is 35.1 Å². The van der Waals surface area contributed by atoms with Crippen LogP contribution in [0.15, 0.2) is 42.5 Å². The Bertz CT molecular complexity index is 943. The third kappa shape index (κ3) is 3.84. The van der Waals surface area contributed by atoms with E-state index in [2.05, 4.69) is 4.98 Å². The van der Waals surface area contributed by atoms with Crippen LogP contribution in [0.1, 0.15) is 17.3 Å². The van der Waals surface area contributed by atoms with Crippen molar-refractivity contribution < 1.29 is 18.7 Å². The van der Waals surface area contributed by atoms with Gasteiger partial charge in [0.25, 0.3) is 5.91 Å². The van der Waals surface area contributed by atoms with Crippen molar-refractivity contribution in [1.82, 2.24) is 4.98 Å². The number of esters is 1. The first-order valence-electron chi connectivity index (χ1n) is 7.77. The number of para-hydroxylation sites is 1. The molecular formula is C18H14ClFN2O3S. The summed E-state index contributed by atoms with van der Waals surface area (Å²) in [4.78, 5) is 30.3. The third-order valence-electron chi connectivity index (χ3n) is 3.61. The van der Waals surface area contributed by atoms with Crippen LogP contribution in [-0.2, 0) is 9.53 Å². The number of hydrogen-bond acceptors (Lipinski definition) is 5. The number of benzene rings is 2. The number of rotatable bonds is 5. The van der Waals surface area contributed by atoms with Gasteiger partial charge >= 0.3 is 5.97 Å². The highest BCUT2D eigenvalue weighted by Crippen LogP contribution is 2.28. The lowest BCUT2D eigenvalue weighted by Gasteiger charge is -2.17. The van der Waals surface area contributed by atoms with Crippen molar-refractivity contribution in [3.05, 3.63) is 58.9 Å². The monoisotopic (exact) mass is 392 g/mol. The van der Waals surface area contributed by atoms with Gasteiger partial charge in [-0.15, -0.1) is 0 Å². The molecule has 0 fully saturated rings. The predicted molar refractivity (Wildman–Crippen MR) is 99.3 cm³/mol. The number of likely N-dealkylation sites (N-methyl/N-ethyl adjacent to an activating group) is 1. The molecule has 0 aliphatic heterocycles. The second-order valence-corrected chi connectivity index (χ2v) is 6.75. The van der Waals surface area contributed by atoms with Crippen molar-refractivity contribution in [2.24, 2.45) is 0 Å². The topological polar surface area (TPSA) is 59.5 Å². The summed E-state index contributed by atoms with van der Waals surface area (Å²) in [6, 6.07) is 11.1. The van der Waals surface area contributed by atoms with Gasteiger partial charge in [-0.2, -0.15) is 0 Å². The summed E-state index contributed by atoms with van der Waals surface area (Å²) in [5.41, 5.74) is 0.477. The normalized spacial score (nSPS) is 10.7. The molecule has 0 saturated heterocycles. The van der Waals surface area contributed by atoms with Gasteiger partial charge in [-0.3, -0.25) is 9.69 Å². The Morgan fingerprint density at radius 3 is 2.77 bits per heavy atom. The van der Waals surface area contributed by atoms with E-state index < -0.39 is 24.3 Å². The maximum absolute atomic E-state index is 13.7. The fourth-order valence-corrected chi connectivity index (χ4v) is 3.55. The van der Waals surface area contributed by atoms with Crippen LogP contribution in [0.5, 0.6) is 0 Å². The molecule has 3 rings (SSSR count). The zero-order valence-electron chi connectivity index (χ0n) is 13.7. The van der Waals surface area contributed by atoms with Crippen LogP contribution >= 0.6 is 22.9 Å². The fourth-order valence-electron chi connectivity index (χ4n) is 2.33. The van der Waals surface area contributed by atoms with Crippen LogP contribution < -0.4 is 4.90 Å². The van der Waals surface area contributed by atoms with Crippen LogP contribution in [0.2, 0.25) is 5.02 Å². The maximum Gasteiger partial charge on any atom is 0.341 e. The van der Waals surface area contributed by atoms with E-state index in [1.807, 2.05) is 24.3 Å². The van der Waals surface area contributed by atoms with Crippen molar-refractivity contribution in [3.8, 4) is 0 Å². The van der Waals surface area contributed by atoms with E-state index in [4.69, 9.17) is 16.3 Å². The van der Waals surface area contributed by atoms with Crippen molar-refractivity contribution in [1.29, 1.82) is 0 Å². The second-order valence-electron chi connectivity index (χ2n) is 5.30. The van der Waals surface area contributed by atoms with Crippen LogP contribution in [0.25, 0.3) is 10.2 Å². The number of halogens is 2. The molecule has 134 valence electrons. The van der Waals surface area contributed by atoms with Crippen LogP contribution in [0.3, 0.4) is 0 Å². The molecular weight excluding hydrogens is 379 g/mol. The standard InChI is InChI=1S/C18H14ClFN2O3S/c1-2-22(18-21-14-5-3-4-6-15(14)26-18)16(23)10-25-17(24)12-9-11(19)7-8-13(12)20/h3-9H,2,10H2,1H3. The zero-order valence-corrected chi connectivity index (χ0v) is 15.3. The van der Waals surface area contributed by atoms with E-state index in [1.165, 1.54) is 22.3 Å². The zero-order chi connectivity index (χ0) is 18.7. The number of carbonyl (C=O) groups excluding carboxylic acids is 2. The van der Waals surface area contributed by atoms with Gasteiger partial charge in [-0.05, 0) is 37.3 Å². The molecule has 0 aliphatic carbocycles. The average Bonchev–Trinajstić information content (AvgIpc) is 3.06. The molecule has 2 aromatic carbocycles. The molecule has 0 radical (unpaired) electrons. The summed E-state index contributed by atoms with van der Waals surface area (Å²) in [7, 11) is 0. The quantitative estimate of drug-likeness (QED) is 0.607. The number of ether oxygens (including phenoxy) is 1. The Hall–Kier alpha value is -2.51. The molecule has 0 N–H and O–H groups in total. The first-order chi connectivity index (χ1) is 12.5. The Kier molecular flexibility index (Phi) is 5.49. The molecule has 26 heavy (non-hydrogen) atoms. The van der Waals surface area contributed by atoms with Crippen LogP contribution in [0.4, 0.5) is 9.52 Å². The molecule has 0 saturated carbocycles. The molecule has 0 unspecified atom stereocenters. The lowest BCUT2D eigenvalue weighted by Crippen LogP contribution is -2.34. The summed E-state index contributed by atoms with van der Waals surface area (Å²) in [5, 5.41) is 0.720. The third-order valence-corrected chi connectivity index (χ3v) is 4.90. The van der Waals surface area contributed by atoms with Gasteiger partial charge in [0.1, 0.15) is 5.82 Å². The highest BCUT2D eigenvalue weighted by molar-refractivity contribution is 7.22. The summed E-state index contributed by atoms with van der Waals surface area (Å²) in [5.74, 6) is -2.15. The largest absolute Gasteiger partial charge is 0.452 e. The van der Waals surface area contributed by atoms with Crippen molar-refractivity contribution >= 4 is 50.2 Å². The summed E-state index contributed by atoms with van der Waals surface area (Å²) in [6.45, 7) is 1.64. The highest BCUT2D eigenvalue weighted by Gasteiger charge is 2.21. The molecule has 0 aliphatic rings. The Balaban J connectivity index is 1.71. The van der Waals surface area contributed by atoms with E-state index in [-0.39, 0.29) is 10.6 Å². The van der Waals surface area contributed by atoms with Gasteiger partial charge in [0.05, 0.1) is 15.8 Å². The number of anilines is 1. The van der Waals surface area contributed by atoms with Gasteiger partial charge in [0, 0.05) is 11.6 Å². The van der Waals surface area contributed by atoms with Gasteiger partial charge in [0.15, 0.2) is 11.7 Å². The van der Waals surface area contributed by atoms with Gasteiger partial charge in [0.2, 0.25) is 0 Å². The van der Waals surface area contributed by atoms with Crippen molar-refractivity contribution in [2.75, 3.05) is 18.1 Å². The molecule has 1 aromatic heterocycles. The lowest BCUT2D eigenvalue weighted by molar-refractivity contribution is -0.121. The van der Waals surface area contributed by atoms with Crippen molar-refractivity contribution in [2.45, 2.75) is 6.92 Å². The number of aromatic nitrogens is 1. The summed E-state index contributed by atoms with van der Waals surface area (Å²) < 4.78 is 19.6. The molecule has 0 spiro atoms. The Labute approximate surface area is 158 Å². The smallest absolute Gasteiger partial charge is 0.341 e. The molecule has 5 nitrogen and oxygen atoms in total. The summed E-state index contributed by atoms with van der Waals surface area (Å²) >= 11 is 7.13. The molecule has 0 bridgehead atoms. The number of amides is 1. The minimum atomic E-state index is -0.946. The molecule has 1 heterocycles. The predicted octanol–water partition coefficient (Wildman–Crippen LogP) is 4.30. The minimum Gasteiger partial charge on any atom is -0.452 e. The maximum atomic E-state index is 13.7. The Morgan fingerprint density at radius 2 is 2.04 bits per heavy atom. The van der Waals surface area contributed by atoms with Crippen LogP contribution in [-0.4, -0.2) is 30.0 Å². The average molecular weight is 393 g/mol. The van der Waals surface area contributed by atoms with E-state index in [9.17, 15) is 14.0 Å². The lowest BCUT2D eigenvalue weighted by atomic mass is 10.2.